The average Bonchev–Trinajstić information content (AvgIpc) is 3.42. The summed E-state index contributed by atoms with van der Waals surface area (Å²) >= 11 is 1.34. The number of hydrogen-bond donors (Lipinski definition) is 1. The molecule has 1 amide bonds. The third-order valence-electron chi connectivity index (χ3n) is 6.34. The topological polar surface area (TPSA) is 89.0 Å². The Kier molecular flexibility index (Phi) is 6.43. The number of ether oxygens (including phenoxy) is 2. The number of aromatic nitrogens is 1. The molecule has 0 unspecified atom stereocenters. The average molecular weight is 515 g/mol. The van der Waals surface area contributed by atoms with Crippen molar-refractivity contribution >= 4 is 44.1 Å². The molecule has 3 aromatic carbocycles. The third kappa shape index (κ3) is 4.23. The van der Waals surface area contributed by atoms with E-state index in [1.165, 1.54) is 23.3 Å². The first kappa shape index (κ1) is 24.5. The largest absolute Gasteiger partial charge is 0.507 e. The number of amides is 1. The van der Waals surface area contributed by atoms with Crippen LogP contribution in [0.3, 0.4) is 0 Å². The summed E-state index contributed by atoms with van der Waals surface area (Å²) in [6, 6.07) is 17.0. The number of ketones is 1. The first-order valence-electron chi connectivity index (χ1n) is 11.9. The van der Waals surface area contributed by atoms with E-state index in [0.717, 1.165) is 21.3 Å². The van der Waals surface area contributed by atoms with Crippen molar-refractivity contribution in [2.24, 2.45) is 0 Å². The molecule has 8 heteroatoms. The highest BCUT2D eigenvalue weighted by Gasteiger charge is 2.49. The third-order valence-corrected chi connectivity index (χ3v) is 7.34. The summed E-state index contributed by atoms with van der Waals surface area (Å²) in [7, 11) is 1.53. The molecule has 0 aliphatic carbocycles. The number of Topliss-reactive ketones (excluding diaryl/α,β-unsaturated/α-hetero) is 1. The highest BCUT2D eigenvalue weighted by Crippen LogP contribution is 2.46. The molecule has 7 nitrogen and oxygen atoms in total. The van der Waals surface area contributed by atoms with Gasteiger partial charge in [-0.3, -0.25) is 14.5 Å². The van der Waals surface area contributed by atoms with Gasteiger partial charge < -0.3 is 14.6 Å². The number of para-hydroxylation sites is 1. The molecule has 1 aliphatic heterocycles. The highest BCUT2D eigenvalue weighted by atomic mass is 32.1. The van der Waals surface area contributed by atoms with Crippen molar-refractivity contribution in [3.63, 3.8) is 0 Å². The molecule has 1 atom stereocenters. The molecular formula is C29H26N2O5S. The van der Waals surface area contributed by atoms with Crippen molar-refractivity contribution in [1.82, 2.24) is 4.98 Å². The van der Waals surface area contributed by atoms with Gasteiger partial charge in [-0.1, -0.05) is 35.6 Å². The molecule has 0 bridgehead atoms. The lowest BCUT2D eigenvalue weighted by atomic mass is 9.94. The van der Waals surface area contributed by atoms with Gasteiger partial charge in [-0.25, -0.2) is 4.98 Å². The molecule has 2 heterocycles. The van der Waals surface area contributed by atoms with E-state index >= 15 is 0 Å². The van der Waals surface area contributed by atoms with Gasteiger partial charge in [0.2, 0.25) is 0 Å². The zero-order chi connectivity index (χ0) is 26.3. The smallest absolute Gasteiger partial charge is 0.301 e. The summed E-state index contributed by atoms with van der Waals surface area (Å²) < 4.78 is 12.0. The number of aliphatic hydroxyl groups excluding tert-OH is 1. The normalized spacial score (nSPS) is 17.0. The molecular weight excluding hydrogens is 488 g/mol. The minimum atomic E-state index is -0.926. The summed E-state index contributed by atoms with van der Waals surface area (Å²) in [4.78, 5) is 33.2. The Morgan fingerprint density at radius 3 is 2.51 bits per heavy atom. The number of fused-ring (bicyclic) bond motifs is 1. The van der Waals surface area contributed by atoms with Gasteiger partial charge in [0, 0.05) is 11.1 Å². The number of hydrogen-bond acceptors (Lipinski definition) is 7. The number of aliphatic hydroxyl groups is 1. The van der Waals surface area contributed by atoms with E-state index in [1.54, 1.807) is 42.5 Å². The van der Waals surface area contributed by atoms with Crippen LogP contribution in [0.4, 0.5) is 5.13 Å². The number of nitrogens with zero attached hydrogens (tertiary/aromatic N) is 2. The number of carbonyl (C=O) groups excluding carboxylic acids is 2. The Bertz CT molecular complexity index is 1550. The minimum absolute atomic E-state index is 0.0224. The van der Waals surface area contributed by atoms with Gasteiger partial charge in [0.05, 0.1) is 29.5 Å². The van der Waals surface area contributed by atoms with Crippen molar-refractivity contribution in [3.8, 4) is 11.5 Å². The predicted octanol–water partition coefficient (Wildman–Crippen LogP) is 5.95. The van der Waals surface area contributed by atoms with E-state index < -0.39 is 17.7 Å². The lowest BCUT2D eigenvalue weighted by Crippen LogP contribution is -2.29. The first-order chi connectivity index (χ1) is 17.8. The van der Waals surface area contributed by atoms with Crippen molar-refractivity contribution < 1.29 is 24.2 Å². The molecule has 1 fully saturated rings. The summed E-state index contributed by atoms with van der Waals surface area (Å²) in [5, 5.41) is 11.8. The molecule has 0 spiro atoms. The molecule has 188 valence electrons. The zero-order valence-electron chi connectivity index (χ0n) is 20.9. The van der Waals surface area contributed by atoms with Crippen LogP contribution in [-0.2, 0) is 9.59 Å². The first-order valence-corrected chi connectivity index (χ1v) is 12.7. The van der Waals surface area contributed by atoms with Gasteiger partial charge >= 0.3 is 5.91 Å². The van der Waals surface area contributed by atoms with Crippen LogP contribution in [0.1, 0.15) is 35.2 Å². The fourth-order valence-corrected chi connectivity index (χ4v) is 5.88. The second kappa shape index (κ2) is 9.71. The lowest BCUT2D eigenvalue weighted by Gasteiger charge is -2.24. The molecule has 1 saturated heterocycles. The Morgan fingerprint density at radius 1 is 1.08 bits per heavy atom. The van der Waals surface area contributed by atoms with Gasteiger partial charge in [-0.2, -0.15) is 0 Å². The van der Waals surface area contributed by atoms with Gasteiger partial charge in [-0.05, 0) is 68.3 Å². The Hall–Kier alpha value is -4.17. The number of benzene rings is 3. The van der Waals surface area contributed by atoms with Crippen LogP contribution in [0.2, 0.25) is 0 Å². The summed E-state index contributed by atoms with van der Waals surface area (Å²) in [6.45, 7) is 6.36. The minimum Gasteiger partial charge on any atom is -0.507 e. The number of carbonyl (C=O) groups is 2. The van der Waals surface area contributed by atoms with Crippen molar-refractivity contribution in [2.75, 3.05) is 18.6 Å². The van der Waals surface area contributed by atoms with E-state index in [-0.39, 0.29) is 11.3 Å². The maximum Gasteiger partial charge on any atom is 0.301 e. The summed E-state index contributed by atoms with van der Waals surface area (Å²) in [5.41, 5.74) is 3.79. The van der Waals surface area contributed by atoms with Gasteiger partial charge in [-0.15, -0.1) is 0 Å². The Labute approximate surface area is 218 Å². The predicted molar refractivity (Wildman–Crippen MR) is 144 cm³/mol. The van der Waals surface area contributed by atoms with Gasteiger partial charge in [0.25, 0.3) is 5.78 Å². The van der Waals surface area contributed by atoms with Crippen LogP contribution in [0.25, 0.3) is 16.0 Å². The molecule has 1 aliphatic rings. The molecule has 5 rings (SSSR count). The van der Waals surface area contributed by atoms with Crippen molar-refractivity contribution in [3.05, 3.63) is 88.5 Å². The number of aryl methyl sites for hydroxylation is 2. The second-order valence-electron chi connectivity index (χ2n) is 8.79. The van der Waals surface area contributed by atoms with Gasteiger partial charge in [0.1, 0.15) is 23.3 Å². The second-order valence-corrected chi connectivity index (χ2v) is 9.80. The van der Waals surface area contributed by atoms with Crippen LogP contribution >= 0.6 is 11.3 Å². The van der Waals surface area contributed by atoms with Crippen molar-refractivity contribution in [1.29, 1.82) is 0 Å². The number of anilines is 1. The molecule has 4 aromatic rings. The maximum absolute atomic E-state index is 13.5. The molecule has 0 radical (unpaired) electrons. The molecule has 1 N–H and O–H groups in total. The van der Waals surface area contributed by atoms with Crippen LogP contribution in [0, 0.1) is 13.8 Å². The van der Waals surface area contributed by atoms with Crippen LogP contribution in [0.15, 0.2) is 66.2 Å². The Balaban J connectivity index is 1.73. The van der Waals surface area contributed by atoms with Gasteiger partial charge in [0.15, 0.2) is 5.13 Å². The lowest BCUT2D eigenvalue weighted by molar-refractivity contribution is -0.132. The van der Waals surface area contributed by atoms with Crippen LogP contribution in [0.5, 0.6) is 11.5 Å². The Morgan fingerprint density at radius 2 is 1.81 bits per heavy atom. The summed E-state index contributed by atoms with van der Waals surface area (Å²) in [6.07, 6.45) is 0. The number of thiazole rings is 1. The summed E-state index contributed by atoms with van der Waals surface area (Å²) in [5.74, 6) is -0.676. The van der Waals surface area contributed by atoms with Crippen LogP contribution in [-0.4, -0.2) is 35.5 Å². The number of rotatable bonds is 6. The van der Waals surface area contributed by atoms with E-state index in [2.05, 4.69) is 0 Å². The molecule has 0 saturated carbocycles. The monoisotopic (exact) mass is 514 g/mol. The van der Waals surface area contributed by atoms with E-state index in [1.807, 2.05) is 39.0 Å². The fraction of sp³-hybridized carbons (Fsp3) is 0.207. The quantitative estimate of drug-likeness (QED) is 0.194. The maximum atomic E-state index is 13.5. The van der Waals surface area contributed by atoms with Crippen molar-refractivity contribution in [2.45, 2.75) is 26.8 Å². The number of methoxy groups -OCH3 is 1. The van der Waals surface area contributed by atoms with E-state index in [0.29, 0.717) is 34.4 Å². The standard InChI is InChI=1S/C29H26N2O5S/c1-5-36-19-12-10-18(11-13-19)26(32)23-25(20-8-6-7-9-21(20)35-4)31(28(34)27(23)33)29-30-24-17(3)14-16(2)15-22(24)37-29/h6-15,25,32H,5H2,1-4H3/t25-/m1/s1. The molecule has 1 aromatic heterocycles. The SMILES string of the molecule is CCOc1ccc(C(O)=C2C(=O)C(=O)N(c3nc4c(C)cc(C)cc4s3)[C@@H]2c2ccccc2OC)cc1. The van der Waals surface area contributed by atoms with E-state index in [4.69, 9.17) is 14.5 Å². The van der Waals surface area contributed by atoms with Crippen LogP contribution < -0.4 is 14.4 Å². The van der Waals surface area contributed by atoms with E-state index in [9.17, 15) is 14.7 Å². The highest BCUT2D eigenvalue weighted by molar-refractivity contribution is 7.22. The fourth-order valence-electron chi connectivity index (χ4n) is 4.71. The zero-order valence-corrected chi connectivity index (χ0v) is 21.8. The molecule has 37 heavy (non-hydrogen) atoms.